The number of anilines is 1. The predicted octanol–water partition coefficient (Wildman–Crippen LogP) is 1.21. The zero-order chi connectivity index (χ0) is 10.7. The highest BCUT2D eigenvalue weighted by Gasteiger charge is 2.15. The van der Waals surface area contributed by atoms with Crippen LogP contribution >= 0.6 is 11.3 Å². The van der Waals surface area contributed by atoms with Crippen molar-refractivity contribution in [2.45, 2.75) is 13.3 Å². The van der Waals surface area contributed by atoms with E-state index in [4.69, 9.17) is 5.11 Å². The summed E-state index contributed by atoms with van der Waals surface area (Å²) in [4.78, 5) is 27.1. The summed E-state index contributed by atoms with van der Waals surface area (Å²) in [5, 5.41) is 9.05. The highest BCUT2D eigenvalue weighted by Crippen LogP contribution is 2.21. The van der Waals surface area contributed by atoms with Crippen LogP contribution in [0.5, 0.6) is 0 Å². The van der Waals surface area contributed by atoms with Crippen LogP contribution in [-0.2, 0) is 4.79 Å². The van der Waals surface area contributed by atoms with Gasteiger partial charge in [-0.05, 0) is 0 Å². The van der Waals surface area contributed by atoms with Crippen LogP contribution in [0, 0.1) is 0 Å². The Kier molecular flexibility index (Phi) is 3.19. The molecule has 0 aliphatic carbocycles. The fraction of sp³-hybridized carbons (Fsp3) is 0.375. The molecule has 0 atom stereocenters. The molecule has 0 spiro atoms. The van der Waals surface area contributed by atoms with Crippen LogP contribution in [0.3, 0.4) is 0 Å². The van der Waals surface area contributed by atoms with Gasteiger partial charge in [-0.15, -0.1) is 0 Å². The van der Waals surface area contributed by atoms with Crippen molar-refractivity contribution in [3.05, 3.63) is 11.1 Å². The number of hydrogen-bond acceptors (Lipinski definition) is 4. The Balaban J connectivity index is 2.86. The number of carbonyl (C=O) groups excluding carboxylic acids is 1. The molecule has 0 saturated heterocycles. The van der Waals surface area contributed by atoms with E-state index in [1.165, 1.54) is 11.1 Å². The fourth-order valence-corrected chi connectivity index (χ4v) is 1.60. The van der Waals surface area contributed by atoms with E-state index in [0.29, 0.717) is 11.6 Å². The maximum atomic E-state index is 11.2. The van der Waals surface area contributed by atoms with E-state index in [2.05, 4.69) is 4.98 Å². The van der Waals surface area contributed by atoms with Crippen LogP contribution in [0.1, 0.15) is 23.0 Å². The van der Waals surface area contributed by atoms with Gasteiger partial charge in [-0.1, -0.05) is 18.3 Å². The molecule has 1 aromatic heterocycles. The first-order valence-corrected chi connectivity index (χ1v) is 4.83. The third-order valence-electron chi connectivity index (χ3n) is 1.67. The summed E-state index contributed by atoms with van der Waals surface area (Å²) in [6.45, 7) is 1.74. The van der Waals surface area contributed by atoms with Gasteiger partial charge in [0.15, 0.2) is 5.13 Å². The molecule has 0 aliphatic rings. The molecule has 0 bridgehead atoms. The van der Waals surface area contributed by atoms with Crippen molar-refractivity contribution in [3.8, 4) is 0 Å². The second-order valence-electron chi connectivity index (χ2n) is 2.62. The zero-order valence-electron chi connectivity index (χ0n) is 7.85. The third kappa shape index (κ3) is 2.08. The Bertz CT molecular complexity index is 361. The number of aromatic nitrogens is 1. The molecule has 1 rings (SSSR count). The largest absolute Gasteiger partial charge is 0.477 e. The number of nitrogens with zero attached hydrogens (tertiary/aromatic N) is 2. The second-order valence-corrected chi connectivity index (χ2v) is 3.63. The average molecular weight is 214 g/mol. The number of carbonyl (C=O) groups is 2. The van der Waals surface area contributed by atoms with Crippen molar-refractivity contribution in [2.24, 2.45) is 0 Å². The van der Waals surface area contributed by atoms with Crippen molar-refractivity contribution in [1.82, 2.24) is 4.98 Å². The summed E-state index contributed by atoms with van der Waals surface area (Å²) in [6, 6.07) is 0. The van der Waals surface area contributed by atoms with E-state index in [1.54, 1.807) is 14.0 Å². The van der Waals surface area contributed by atoms with Crippen LogP contribution in [0.25, 0.3) is 0 Å². The minimum atomic E-state index is -1.02. The molecule has 0 unspecified atom stereocenters. The SMILES string of the molecule is CCC(=O)N(C)c1ncc(C(=O)O)s1. The molecular weight excluding hydrogens is 204 g/mol. The topological polar surface area (TPSA) is 70.5 Å². The standard InChI is InChI=1S/C8H10N2O3S/c1-3-6(11)10(2)8-9-4-5(14-8)7(12)13/h4H,3H2,1-2H3,(H,12,13). The first kappa shape index (κ1) is 10.6. The molecule has 1 N–H and O–H groups in total. The molecule has 0 aromatic carbocycles. The Morgan fingerprint density at radius 2 is 2.29 bits per heavy atom. The Morgan fingerprint density at radius 3 is 2.71 bits per heavy atom. The van der Waals surface area contributed by atoms with Crippen molar-refractivity contribution in [1.29, 1.82) is 0 Å². The molecule has 0 aliphatic heterocycles. The summed E-state index contributed by atoms with van der Waals surface area (Å²) in [6.07, 6.45) is 1.63. The maximum Gasteiger partial charge on any atom is 0.347 e. The number of carboxylic acid groups (broad SMARTS) is 1. The van der Waals surface area contributed by atoms with Crippen LogP contribution in [0.2, 0.25) is 0 Å². The molecule has 0 fully saturated rings. The van der Waals surface area contributed by atoms with Gasteiger partial charge in [0.1, 0.15) is 4.88 Å². The minimum absolute atomic E-state index is 0.0868. The third-order valence-corrected chi connectivity index (χ3v) is 2.73. The van der Waals surface area contributed by atoms with Gasteiger partial charge in [-0.25, -0.2) is 9.78 Å². The quantitative estimate of drug-likeness (QED) is 0.821. The normalized spacial score (nSPS) is 9.86. The first-order valence-electron chi connectivity index (χ1n) is 4.02. The summed E-state index contributed by atoms with van der Waals surface area (Å²) in [5.74, 6) is -1.11. The number of amides is 1. The van der Waals surface area contributed by atoms with Gasteiger partial charge in [0.25, 0.3) is 0 Å². The van der Waals surface area contributed by atoms with Gasteiger partial charge in [0.05, 0.1) is 6.20 Å². The highest BCUT2D eigenvalue weighted by molar-refractivity contribution is 7.17. The highest BCUT2D eigenvalue weighted by atomic mass is 32.1. The number of carboxylic acids is 1. The van der Waals surface area contributed by atoms with E-state index >= 15 is 0 Å². The average Bonchev–Trinajstić information content (AvgIpc) is 2.64. The summed E-state index contributed by atoms with van der Waals surface area (Å²) in [7, 11) is 1.58. The van der Waals surface area contributed by atoms with Gasteiger partial charge in [-0.3, -0.25) is 9.69 Å². The number of rotatable bonds is 3. The van der Waals surface area contributed by atoms with Gasteiger partial charge in [0.2, 0.25) is 5.91 Å². The molecule has 76 valence electrons. The molecule has 0 radical (unpaired) electrons. The zero-order valence-corrected chi connectivity index (χ0v) is 8.67. The van der Waals surface area contributed by atoms with Crippen molar-refractivity contribution in [3.63, 3.8) is 0 Å². The Hall–Kier alpha value is -1.43. The van der Waals surface area contributed by atoms with Crippen molar-refractivity contribution in [2.75, 3.05) is 11.9 Å². The lowest BCUT2D eigenvalue weighted by Gasteiger charge is -2.11. The number of thiazole rings is 1. The van der Waals surface area contributed by atoms with E-state index in [1.807, 2.05) is 0 Å². The lowest BCUT2D eigenvalue weighted by atomic mass is 10.4. The summed E-state index contributed by atoms with van der Waals surface area (Å²) < 4.78 is 0. The molecule has 14 heavy (non-hydrogen) atoms. The van der Waals surface area contributed by atoms with Crippen molar-refractivity contribution < 1.29 is 14.7 Å². The molecule has 1 amide bonds. The number of aromatic carboxylic acids is 1. The monoisotopic (exact) mass is 214 g/mol. The fourth-order valence-electron chi connectivity index (χ4n) is 0.863. The Labute approximate surface area is 85.0 Å². The molecule has 6 heteroatoms. The predicted molar refractivity (Wildman–Crippen MR) is 52.8 cm³/mol. The second kappa shape index (κ2) is 4.19. The summed E-state index contributed by atoms with van der Waals surface area (Å²) in [5.41, 5.74) is 0. The maximum absolute atomic E-state index is 11.2. The molecule has 1 heterocycles. The van der Waals surface area contributed by atoms with Crippen LogP contribution in [0.15, 0.2) is 6.20 Å². The Morgan fingerprint density at radius 1 is 1.64 bits per heavy atom. The molecular formula is C8H10N2O3S. The van der Waals surface area contributed by atoms with Crippen molar-refractivity contribution >= 4 is 28.3 Å². The van der Waals surface area contributed by atoms with E-state index < -0.39 is 5.97 Å². The lowest BCUT2D eigenvalue weighted by Crippen LogP contribution is -2.24. The smallest absolute Gasteiger partial charge is 0.347 e. The number of hydrogen-bond donors (Lipinski definition) is 1. The molecule has 5 nitrogen and oxygen atoms in total. The van der Waals surface area contributed by atoms with Gasteiger partial charge in [0, 0.05) is 13.5 Å². The molecule has 0 saturated carbocycles. The van der Waals surface area contributed by atoms with Gasteiger partial charge in [-0.2, -0.15) is 0 Å². The lowest BCUT2D eigenvalue weighted by molar-refractivity contribution is -0.118. The minimum Gasteiger partial charge on any atom is -0.477 e. The summed E-state index contributed by atoms with van der Waals surface area (Å²) >= 11 is 0.987. The van der Waals surface area contributed by atoms with Gasteiger partial charge < -0.3 is 5.11 Å². The van der Waals surface area contributed by atoms with Crippen LogP contribution in [-0.4, -0.2) is 29.0 Å². The van der Waals surface area contributed by atoms with Crippen LogP contribution < -0.4 is 4.90 Å². The van der Waals surface area contributed by atoms with E-state index in [0.717, 1.165) is 11.3 Å². The molecule has 1 aromatic rings. The van der Waals surface area contributed by atoms with Crippen LogP contribution in [0.4, 0.5) is 5.13 Å². The van der Waals surface area contributed by atoms with Gasteiger partial charge >= 0.3 is 5.97 Å². The van der Waals surface area contributed by atoms with E-state index in [9.17, 15) is 9.59 Å². The first-order chi connectivity index (χ1) is 6.56. The van der Waals surface area contributed by atoms with E-state index in [-0.39, 0.29) is 10.8 Å².